The summed E-state index contributed by atoms with van der Waals surface area (Å²) in [6.45, 7) is 2.15. The molecule has 7 heteroatoms. The number of sulfonamides is 1. The Bertz CT molecular complexity index is 753. The number of rotatable bonds is 3. The molecular formula is C13H13N3O2S2. The van der Waals surface area contributed by atoms with Crippen LogP contribution in [0, 0.1) is 18.8 Å². The molecule has 0 unspecified atom stereocenters. The first-order valence-electron chi connectivity index (χ1n) is 5.75. The zero-order valence-electron chi connectivity index (χ0n) is 10.8. The molecule has 2 aromatic rings. The number of nitrogens with zero attached hydrogens (tertiary/aromatic N) is 1. The van der Waals surface area contributed by atoms with Crippen molar-refractivity contribution in [2.24, 2.45) is 5.73 Å². The highest BCUT2D eigenvalue weighted by molar-refractivity contribution is 7.93. The number of aromatic nitrogens is 1. The molecule has 20 heavy (non-hydrogen) atoms. The zero-order valence-corrected chi connectivity index (χ0v) is 12.4. The van der Waals surface area contributed by atoms with Crippen LogP contribution in [0.15, 0.2) is 35.4 Å². The second-order valence-electron chi connectivity index (χ2n) is 3.95. The Morgan fingerprint density at radius 2 is 2.05 bits per heavy atom. The van der Waals surface area contributed by atoms with Crippen molar-refractivity contribution in [2.75, 3.05) is 11.3 Å². The maximum absolute atomic E-state index is 12.1. The lowest BCUT2D eigenvalue weighted by Crippen LogP contribution is -2.12. The SMILES string of the molecule is Cc1ccc(S(=O)(=O)Nc2ncc(C#CCN)s2)cc1. The third-order valence-corrected chi connectivity index (χ3v) is 4.68. The minimum Gasteiger partial charge on any atom is -0.320 e. The van der Waals surface area contributed by atoms with Crippen LogP contribution >= 0.6 is 11.3 Å². The first-order valence-corrected chi connectivity index (χ1v) is 8.05. The van der Waals surface area contributed by atoms with Crippen LogP contribution in [0.4, 0.5) is 5.13 Å². The van der Waals surface area contributed by atoms with Gasteiger partial charge in [0, 0.05) is 0 Å². The molecule has 2 rings (SSSR count). The Hall–Kier alpha value is -1.88. The Morgan fingerprint density at radius 1 is 1.35 bits per heavy atom. The predicted octanol–water partition coefficient (Wildman–Crippen LogP) is 1.56. The van der Waals surface area contributed by atoms with Gasteiger partial charge in [-0.1, -0.05) is 40.9 Å². The second kappa shape index (κ2) is 6.05. The smallest absolute Gasteiger partial charge is 0.263 e. The molecular weight excluding hydrogens is 294 g/mol. The van der Waals surface area contributed by atoms with Crippen LogP contribution in [0.5, 0.6) is 0 Å². The number of nitrogens with two attached hydrogens (primary N) is 1. The number of anilines is 1. The van der Waals surface area contributed by atoms with Crippen molar-refractivity contribution >= 4 is 26.5 Å². The molecule has 1 aromatic carbocycles. The largest absolute Gasteiger partial charge is 0.320 e. The monoisotopic (exact) mass is 307 g/mol. The Labute approximate surface area is 121 Å². The molecule has 0 saturated heterocycles. The summed E-state index contributed by atoms with van der Waals surface area (Å²) >= 11 is 1.17. The van der Waals surface area contributed by atoms with Gasteiger partial charge < -0.3 is 5.73 Å². The predicted molar refractivity (Wildman–Crippen MR) is 80.0 cm³/mol. The van der Waals surface area contributed by atoms with E-state index in [0.29, 0.717) is 4.88 Å². The van der Waals surface area contributed by atoms with Crippen LogP contribution < -0.4 is 10.5 Å². The highest BCUT2D eigenvalue weighted by Crippen LogP contribution is 2.21. The molecule has 0 aliphatic carbocycles. The summed E-state index contributed by atoms with van der Waals surface area (Å²) in [7, 11) is -3.61. The fraction of sp³-hybridized carbons (Fsp3) is 0.154. The summed E-state index contributed by atoms with van der Waals surface area (Å²) in [6.07, 6.45) is 1.51. The van der Waals surface area contributed by atoms with E-state index in [1.807, 2.05) is 6.92 Å². The minimum absolute atomic E-state index is 0.202. The van der Waals surface area contributed by atoms with Gasteiger partial charge in [-0.2, -0.15) is 0 Å². The van der Waals surface area contributed by atoms with Crippen molar-refractivity contribution in [3.63, 3.8) is 0 Å². The topological polar surface area (TPSA) is 85.1 Å². The summed E-state index contributed by atoms with van der Waals surface area (Å²) in [5.41, 5.74) is 6.27. The molecule has 0 radical (unpaired) electrons. The van der Waals surface area contributed by atoms with Crippen LogP contribution in [0.3, 0.4) is 0 Å². The minimum atomic E-state index is -3.61. The Kier molecular flexibility index (Phi) is 4.39. The second-order valence-corrected chi connectivity index (χ2v) is 6.67. The Balaban J connectivity index is 2.20. The van der Waals surface area contributed by atoms with E-state index in [4.69, 9.17) is 5.73 Å². The molecule has 1 aromatic heterocycles. The van der Waals surface area contributed by atoms with Crippen molar-refractivity contribution in [3.8, 4) is 11.8 Å². The number of hydrogen-bond donors (Lipinski definition) is 2. The van der Waals surface area contributed by atoms with Gasteiger partial charge in [0.05, 0.1) is 22.5 Å². The molecule has 3 N–H and O–H groups in total. The molecule has 0 aliphatic heterocycles. The normalized spacial score (nSPS) is 10.7. The van der Waals surface area contributed by atoms with E-state index in [2.05, 4.69) is 21.5 Å². The third-order valence-electron chi connectivity index (χ3n) is 2.37. The lowest BCUT2D eigenvalue weighted by Gasteiger charge is -2.04. The zero-order chi connectivity index (χ0) is 14.6. The van der Waals surface area contributed by atoms with E-state index in [9.17, 15) is 8.42 Å². The van der Waals surface area contributed by atoms with E-state index in [1.165, 1.54) is 17.5 Å². The molecule has 5 nitrogen and oxygen atoms in total. The number of benzene rings is 1. The summed E-state index contributed by atoms with van der Waals surface area (Å²) in [5.74, 6) is 5.49. The lowest BCUT2D eigenvalue weighted by molar-refractivity contribution is 0.601. The van der Waals surface area contributed by atoms with Gasteiger partial charge in [-0.05, 0) is 19.1 Å². The molecule has 0 amide bonds. The van der Waals surface area contributed by atoms with Crippen LogP contribution in [0.1, 0.15) is 10.4 Å². The number of thiazole rings is 1. The molecule has 0 saturated carbocycles. The first kappa shape index (κ1) is 14.5. The average Bonchev–Trinajstić information content (AvgIpc) is 2.83. The van der Waals surface area contributed by atoms with Gasteiger partial charge in [-0.15, -0.1) is 0 Å². The molecule has 1 heterocycles. The standard InChI is InChI=1S/C13H13N3O2S2/c1-10-4-6-12(7-5-10)20(17,18)16-13-15-9-11(19-13)3-2-8-14/h4-7,9H,8,14H2,1H3,(H,15,16). The van der Waals surface area contributed by atoms with Crippen LogP contribution in [-0.2, 0) is 10.0 Å². The van der Waals surface area contributed by atoms with Gasteiger partial charge in [0.1, 0.15) is 0 Å². The summed E-state index contributed by atoms with van der Waals surface area (Å²) in [6, 6.07) is 6.60. The highest BCUT2D eigenvalue weighted by Gasteiger charge is 2.15. The lowest BCUT2D eigenvalue weighted by atomic mass is 10.2. The van der Waals surface area contributed by atoms with Gasteiger partial charge in [0.15, 0.2) is 5.13 Å². The van der Waals surface area contributed by atoms with Crippen LogP contribution in [-0.4, -0.2) is 19.9 Å². The Morgan fingerprint density at radius 3 is 2.70 bits per heavy atom. The first-order chi connectivity index (χ1) is 9.51. The van der Waals surface area contributed by atoms with Gasteiger partial charge >= 0.3 is 0 Å². The molecule has 0 bridgehead atoms. The summed E-state index contributed by atoms with van der Waals surface area (Å²) in [5, 5.41) is 0.284. The van der Waals surface area contributed by atoms with Gasteiger partial charge in [-0.3, -0.25) is 4.72 Å². The number of nitrogens with one attached hydrogen (secondary N) is 1. The molecule has 0 aliphatic rings. The van der Waals surface area contributed by atoms with Crippen molar-refractivity contribution < 1.29 is 8.42 Å². The van der Waals surface area contributed by atoms with Gasteiger partial charge in [-0.25, -0.2) is 13.4 Å². The van der Waals surface area contributed by atoms with Crippen molar-refractivity contribution in [1.29, 1.82) is 0 Å². The molecule has 0 spiro atoms. The van der Waals surface area contributed by atoms with Crippen molar-refractivity contribution in [1.82, 2.24) is 4.98 Å². The van der Waals surface area contributed by atoms with Gasteiger partial charge in [0.2, 0.25) is 0 Å². The fourth-order valence-corrected chi connectivity index (χ4v) is 3.34. The van der Waals surface area contributed by atoms with E-state index >= 15 is 0 Å². The number of aryl methyl sites for hydroxylation is 1. The maximum Gasteiger partial charge on any atom is 0.263 e. The maximum atomic E-state index is 12.1. The fourth-order valence-electron chi connectivity index (χ4n) is 1.41. The summed E-state index contributed by atoms with van der Waals surface area (Å²) < 4.78 is 26.7. The quantitative estimate of drug-likeness (QED) is 0.843. The molecule has 0 atom stereocenters. The number of hydrogen-bond acceptors (Lipinski definition) is 5. The average molecular weight is 307 g/mol. The van der Waals surface area contributed by atoms with Crippen LogP contribution in [0.2, 0.25) is 0 Å². The molecule has 0 fully saturated rings. The summed E-state index contributed by atoms with van der Waals surface area (Å²) in [4.78, 5) is 4.85. The van der Waals surface area contributed by atoms with E-state index in [1.54, 1.807) is 24.3 Å². The van der Waals surface area contributed by atoms with Gasteiger partial charge in [0.25, 0.3) is 10.0 Å². The van der Waals surface area contributed by atoms with E-state index in [0.717, 1.165) is 5.56 Å². The molecule has 104 valence electrons. The van der Waals surface area contributed by atoms with Crippen molar-refractivity contribution in [3.05, 3.63) is 40.9 Å². The van der Waals surface area contributed by atoms with Crippen molar-refractivity contribution in [2.45, 2.75) is 11.8 Å². The third kappa shape index (κ3) is 3.57. The van der Waals surface area contributed by atoms with E-state index < -0.39 is 10.0 Å². The van der Waals surface area contributed by atoms with Crippen LogP contribution in [0.25, 0.3) is 0 Å². The highest BCUT2D eigenvalue weighted by atomic mass is 32.2. The van der Waals surface area contributed by atoms with E-state index in [-0.39, 0.29) is 16.6 Å².